The highest BCUT2D eigenvalue weighted by Gasteiger charge is 2.10. The SMILES string of the molecule is Cc1cc(Cl)ccc1-c1ccc(C(O)CCC(=O)O)cc1. The molecule has 0 bridgehead atoms. The van der Waals surface area contributed by atoms with Crippen LogP contribution in [0, 0.1) is 6.92 Å². The summed E-state index contributed by atoms with van der Waals surface area (Å²) in [5.74, 6) is -0.901. The summed E-state index contributed by atoms with van der Waals surface area (Å²) < 4.78 is 0. The molecule has 0 aliphatic rings. The second-order valence-corrected chi connectivity index (χ2v) is 5.47. The number of aliphatic hydroxyl groups excluding tert-OH is 1. The van der Waals surface area contributed by atoms with Crippen LogP contribution in [-0.4, -0.2) is 16.2 Å². The summed E-state index contributed by atoms with van der Waals surface area (Å²) in [4.78, 5) is 10.5. The van der Waals surface area contributed by atoms with Crippen molar-refractivity contribution in [2.75, 3.05) is 0 Å². The van der Waals surface area contributed by atoms with E-state index in [-0.39, 0.29) is 12.8 Å². The Morgan fingerprint density at radius 1 is 1.19 bits per heavy atom. The molecule has 0 radical (unpaired) electrons. The Morgan fingerprint density at radius 2 is 1.86 bits per heavy atom. The highest BCUT2D eigenvalue weighted by atomic mass is 35.5. The van der Waals surface area contributed by atoms with Gasteiger partial charge in [0.15, 0.2) is 0 Å². The van der Waals surface area contributed by atoms with Crippen LogP contribution in [0.1, 0.15) is 30.1 Å². The molecule has 4 heteroatoms. The normalized spacial score (nSPS) is 12.1. The number of aryl methyl sites for hydroxylation is 1. The first-order chi connectivity index (χ1) is 9.97. The fraction of sp³-hybridized carbons (Fsp3) is 0.235. The van der Waals surface area contributed by atoms with E-state index in [0.717, 1.165) is 22.3 Å². The average Bonchev–Trinajstić information content (AvgIpc) is 2.45. The number of hydrogen-bond donors (Lipinski definition) is 2. The van der Waals surface area contributed by atoms with E-state index in [1.54, 1.807) is 0 Å². The third kappa shape index (κ3) is 4.06. The zero-order valence-electron chi connectivity index (χ0n) is 11.7. The first-order valence-corrected chi connectivity index (χ1v) is 7.11. The Bertz CT molecular complexity index is 635. The Balaban J connectivity index is 2.16. The zero-order valence-corrected chi connectivity index (χ0v) is 12.5. The molecule has 1 atom stereocenters. The van der Waals surface area contributed by atoms with Crippen molar-refractivity contribution in [1.29, 1.82) is 0 Å². The molecule has 0 amide bonds. The fourth-order valence-corrected chi connectivity index (χ4v) is 2.49. The summed E-state index contributed by atoms with van der Waals surface area (Å²) in [5.41, 5.74) is 3.94. The third-order valence-electron chi connectivity index (χ3n) is 3.43. The van der Waals surface area contributed by atoms with E-state index in [4.69, 9.17) is 16.7 Å². The molecular formula is C17H17ClO3. The van der Waals surface area contributed by atoms with Crippen LogP contribution >= 0.6 is 11.6 Å². The van der Waals surface area contributed by atoms with E-state index >= 15 is 0 Å². The van der Waals surface area contributed by atoms with Gasteiger partial charge in [-0.05, 0) is 47.7 Å². The standard InChI is InChI=1S/C17H17ClO3/c1-11-10-14(18)6-7-15(11)12-2-4-13(5-3-12)16(19)8-9-17(20)21/h2-7,10,16,19H,8-9H2,1H3,(H,20,21). The molecule has 0 spiro atoms. The van der Waals surface area contributed by atoms with Gasteiger partial charge in [0.25, 0.3) is 0 Å². The van der Waals surface area contributed by atoms with Crippen molar-refractivity contribution in [2.24, 2.45) is 0 Å². The first-order valence-electron chi connectivity index (χ1n) is 6.73. The number of aliphatic carboxylic acids is 1. The topological polar surface area (TPSA) is 57.5 Å². The van der Waals surface area contributed by atoms with Crippen molar-refractivity contribution in [3.63, 3.8) is 0 Å². The predicted octanol–water partition coefficient (Wildman–Crippen LogP) is 4.21. The van der Waals surface area contributed by atoms with Crippen LogP contribution in [0.15, 0.2) is 42.5 Å². The lowest BCUT2D eigenvalue weighted by Gasteiger charge is -2.11. The predicted molar refractivity (Wildman–Crippen MR) is 83.5 cm³/mol. The molecule has 0 aromatic heterocycles. The van der Waals surface area contributed by atoms with E-state index in [9.17, 15) is 9.90 Å². The summed E-state index contributed by atoms with van der Waals surface area (Å²) >= 11 is 5.95. The van der Waals surface area contributed by atoms with Crippen molar-refractivity contribution < 1.29 is 15.0 Å². The van der Waals surface area contributed by atoms with Crippen molar-refractivity contribution in [3.8, 4) is 11.1 Å². The van der Waals surface area contributed by atoms with Crippen molar-refractivity contribution in [3.05, 3.63) is 58.6 Å². The van der Waals surface area contributed by atoms with Gasteiger partial charge in [0, 0.05) is 11.4 Å². The largest absolute Gasteiger partial charge is 0.481 e. The average molecular weight is 305 g/mol. The van der Waals surface area contributed by atoms with Gasteiger partial charge in [0.05, 0.1) is 6.10 Å². The minimum atomic E-state index is -0.901. The van der Waals surface area contributed by atoms with Crippen molar-refractivity contribution in [2.45, 2.75) is 25.9 Å². The summed E-state index contributed by atoms with van der Waals surface area (Å²) in [6.45, 7) is 2.00. The van der Waals surface area contributed by atoms with Gasteiger partial charge in [-0.15, -0.1) is 0 Å². The van der Waals surface area contributed by atoms with Crippen LogP contribution in [-0.2, 0) is 4.79 Å². The molecule has 2 aromatic carbocycles. The van der Waals surface area contributed by atoms with Gasteiger partial charge in [-0.1, -0.05) is 41.9 Å². The summed E-state index contributed by atoms with van der Waals surface area (Å²) in [7, 11) is 0. The number of halogens is 1. The maximum absolute atomic E-state index is 10.5. The zero-order chi connectivity index (χ0) is 15.4. The second kappa shape index (κ2) is 6.74. The van der Waals surface area contributed by atoms with Gasteiger partial charge in [0.2, 0.25) is 0 Å². The smallest absolute Gasteiger partial charge is 0.303 e. The minimum Gasteiger partial charge on any atom is -0.481 e. The van der Waals surface area contributed by atoms with Crippen LogP contribution in [0.2, 0.25) is 5.02 Å². The minimum absolute atomic E-state index is 0.0424. The molecule has 0 heterocycles. The Kier molecular flexibility index (Phi) is 4.99. The summed E-state index contributed by atoms with van der Waals surface area (Å²) in [6.07, 6.45) is -0.574. The van der Waals surface area contributed by atoms with Gasteiger partial charge in [-0.3, -0.25) is 4.79 Å². The molecule has 0 saturated carbocycles. The Hall–Kier alpha value is -1.84. The molecule has 2 N–H and O–H groups in total. The van der Waals surface area contributed by atoms with Crippen molar-refractivity contribution in [1.82, 2.24) is 0 Å². The van der Waals surface area contributed by atoms with E-state index in [0.29, 0.717) is 5.02 Å². The summed E-state index contributed by atoms with van der Waals surface area (Å²) in [5, 5.41) is 19.3. The van der Waals surface area contributed by atoms with E-state index in [1.165, 1.54) is 0 Å². The van der Waals surface area contributed by atoms with Gasteiger partial charge in [-0.2, -0.15) is 0 Å². The molecule has 0 saturated heterocycles. The maximum Gasteiger partial charge on any atom is 0.303 e. The van der Waals surface area contributed by atoms with Crippen LogP contribution in [0.3, 0.4) is 0 Å². The number of rotatable bonds is 5. The van der Waals surface area contributed by atoms with Crippen LogP contribution in [0.25, 0.3) is 11.1 Å². The highest BCUT2D eigenvalue weighted by molar-refractivity contribution is 6.30. The molecular weight excluding hydrogens is 288 g/mol. The monoisotopic (exact) mass is 304 g/mol. The number of hydrogen-bond acceptors (Lipinski definition) is 2. The maximum atomic E-state index is 10.5. The molecule has 0 fully saturated rings. The molecule has 3 nitrogen and oxygen atoms in total. The number of aliphatic hydroxyl groups is 1. The second-order valence-electron chi connectivity index (χ2n) is 5.03. The van der Waals surface area contributed by atoms with Gasteiger partial charge >= 0.3 is 5.97 Å². The Morgan fingerprint density at radius 3 is 2.43 bits per heavy atom. The van der Waals surface area contributed by atoms with Crippen LogP contribution < -0.4 is 0 Å². The molecule has 2 aromatic rings. The lowest BCUT2D eigenvalue weighted by Crippen LogP contribution is -2.02. The quantitative estimate of drug-likeness (QED) is 0.869. The van der Waals surface area contributed by atoms with Gasteiger partial charge < -0.3 is 10.2 Å². The number of carboxylic acid groups (broad SMARTS) is 1. The number of carboxylic acids is 1. The summed E-state index contributed by atoms with van der Waals surface area (Å²) in [6, 6.07) is 13.2. The third-order valence-corrected chi connectivity index (χ3v) is 3.66. The fourth-order valence-electron chi connectivity index (χ4n) is 2.26. The first kappa shape index (κ1) is 15.5. The van der Waals surface area contributed by atoms with Gasteiger partial charge in [0.1, 0.15) is 0 Å². The van der Waals surface area contributed by atoms with E-state index in [2.05, 4.69) is 0 Å². The number of benzene rings is 2. The number of carbonyl (C=O) groups is 1. The molecule has 1 unspecified atom stereocenters. The molecule has 21 heavy (non-hydrogen) atoms. The molecule has 0 aliphatic heterocycles. The van der Waals surface area contributed by atoms with Gasteiger partial charge in [-0.25, -0.2) is 0 Å². The highest BCUT2D eigenvalue weighted by Crippen LogP contribution is 2.28. The Labute approximate surface area is 128 Å². The molecule has 2 rings (SSSR count). The van der Waals surface area contributed by atoms with Crippen LogP contribution in [0.5, 0.6) is 0 Å². The van der Waals surface area contributed by atoms with E-state index in [1.807, 2.05) is 49.4 Å². The van der Waals surface area contributed by atoms with E-state index < -0.39 is 12.1 Å². The molecule has 110 valence electrons. The lowest BCUT2D eigenvalue weighted by atomic mass is 9.97. The lowest BCUT2D eigenvalue weighted by molar-refractivity contribution is -0.137. The van der Waals surface area contributed by atoms with Crippen LogP contribution in [0.4, 0.5) is 0 Å². The molecule has 0 aliphatic carbocycles. The van der Waals surface area contributed by atoms with Crippen molar-refractivity contribution >= 4 is 17.6 Å².